The minimum atomic E-state index is 0.0968. The van der Waals surface area contributed by atoms with E-state index in [4.69, 9.17) is 4.74 Å². The number of benzene rings is 1. The van der Waals surface area contributed by atoms with E-state index in [1.54, 1.807) is 0 Å². The van der Waals surface area contributed by atoms with Gasteiger partial charge in [-0.05, 0) is 32.0 Å². The first-order chi connectivity index (χ1) is 9.29. The van der Waals surface area contributed by atoms with E-state index in [9.17, 15) is 4.79 Å². The van der Waals surface area contributed by atoms with Crippen LogP contribution in [0.4, 0.5) is 0 Å². The Balaban J connectivity index is 2.36. The summed E-state index contributed by atoms with van der Waals surface area (Å²) in [5, 5.41) is 3.21. The first-order valence-electron chi connectivity index (χ1n) is 7.25. The van der Waals surface area contributed by atoms with Gasteiger partial charge in [-0.3, -0.25) is 4.79 Å². The van der Waals surface area contributed by atoms with E-state index in [-0.39, 0.29) is 5.78 Å². The number of unbranched alkanes of at least 4 members (excludes halogenated alkanes) is 3. The third-order valence-corrected chi connectivity index (χ3v) is 2.98. The molecule has 106 valence electrons. The molecule has 0 fully saturated rings. The van der Waals surface area contributed by atoms with Gasteiger partial charge in [0.15, 0.2) is 5.78 Å². The fourth-order valence-corrected chi connectivity index (χ4v) is 1.95. The van der Waals surface area contributed by atoms with E-state index >= 15 is 0 Å². The highest BCUT2D eigenvalue weighted by molar-refractivity contribution is 6.00. The Morgan fingerprint density at radius 2 is 1.95 bits per heavy atom. The number of hydrogen-bond acceptors (Lipinski definition) is 3. The lowest BCUT2D eigenvalue weighted by Gasteiger charge is -2.09. The standard InChI is InChI=1S/C16H25NO2/c1-3-5-6-9-12-17-13-15(18)14-10-7-8-11-16(14)19-4-2/h7-8,10-11,17H,3-6,9,12-13H2,1-2H3. The van der Waals surface area contributed by atoms with Gasteiger partial charge in [0.05, 0.1) is 18.7 Å². The van der Waals surface area contributed by atoms with Crippen LogP contribution in [-0.2, 0) is 0 Å². The summed E-state index contributed by atoms with van der Waals surface area (Å²) in [5.74, 6) is 0.780. The number of para-hydroxylation sites is 1. The molecule has 0 heterocycles. The lowest BCUT2D eigenvalue weighted by atomic mass is 10.1. The predicted octanol–water partition coefficient (Wildman–Crippen LogP) is 3.44. The summed E-state index contributed by atoms with van der Waals surface area (Å²) in [6.07, 6.45) is 4.87. The van der Waals surface area contributed by atoms with Gasteiger partial charge in [0.2, 0.25) is 0 Å². The Bertz CT molecular complexity index is 377. The first kappa shape index (κ1) is 15.7. The molecule has 3 heteroatoms. The van der Waals surface area contributed by atoms with E-state index in [1.165, 1.54) is 19.3 Å². The maximum atomic E-state index is 12.1. The molecule has 0 bridgehead atoms. The highest BCUT2D eigenvalue weighted by Crippen LogP contribution is 2.18. The molecule has 0 aliphatic heterocycles. The fourth-order valence-electron chi connectivity index (χ4n) is 1.95. The summed E-state index contributed by atoms with van der Waals surface area (Å²) in [4.78, 5) is 12.1. The van der Waals surface area contributed by atoms with Gasteiger partial charge in [-0.1, -0.05) is 38.3 Å². The zero-order chi connectivity index (χ0) is 13.9. The molecule has 3 nitrogen and oxygen atoms in total. The topological polar surface area (TPSA) is 38.3 Å². The molecule has 0 aliphatic rings. The van der Waals surface area contributed by atoms with Gasteiger partial charge in [-0.15, -0.1) is 0 Å². The number of ether oxygens (including phenoxy) is 1. The molecule has 19 heavy (non-hydrogen) atoms. The minimum absolute atomic E-state index is 0.0968. The largest absolute Gasteiger partial charge is 0.493 e. The smallest absolute Gasteiger partial charge is 0.180 e. The van der Waals surface area contributed by atoms with Crippen LogP contribution in [0.1, 0.15) is 49.9 Å². The zero-order valence-corrected chi connectivity index (χ0v) is 12.1. The molecule has 0 amide bonds. The average molecular weight is 263 g/mol. The third-order valence-electron chi connectivity index (χ3n) is 2.98. The van der Waals surface area contributed by atoms with Crippen LogP contribution in [0.3, 0.4) is 0 Å². The monoisotopic (exact) mass is 263 g/mol. The highest BCUT2D eigenvalue weighted by Gasteiger charge is 2.10. The molecule has 0 aromatic heterocycles. The van der Waals surface area contributed by atoms with Crippen LogP contribution in [0.2, 0.25) is 0 Å². The number of carbonyl (C=O) groups is 1. The molecular formula is C16H25NO2. The summed E-state index contributed by atoms with van der Waals surface area (Å²) < 4.78 is 5.47. The van der Waals surface area contributed by atoms with Crippen molar-refractivity contribution in [2.24, 2.45) is 0 Å². The first-order valence-corrected chi connectivity index (χ1v) is 7.25. The van der Waals surface area contributed by atoms with Crippen molar-refractivity contribution < 1.29 is 9.53 Å². The summed E-state index contributed by atoms with van der Waals surface area (Å²) in [5.41, 5.74) is 0.672. The molecule has 0 saturated heterocycles. The Hall–Kier alpha value is -1.35. The van der Waals surface area contributed by atoms with Crippen molar-refractivity contribution in [3.63, 3.8) is 0 Å². The number of rotatable bonds is 10. The van der Waals surface area contributed by atoms with Crippen LogP contribution in [0.25, 0.3) is 0 Å². The van der Waals surface area contributed by atoms with E-state index in [2.05, 4.69) is 12.2 Å². The zero-order valence-electron chi connectivity index (χ0n) is 12.1. The minimum Gasteiger partial charge on any atom is -0.493 e. The Kier molecular flexibility index (Phi) is 7.91. The van der Waals surface area contributed by atoms with E-state index in [0.717, 1.165) is 13.0 Å². The second-order valence-electron chi connectivity index (χ2n) is 4.59. The van der Waals surface area contributed by atoms with Crippen molar-refractivity contribution in [2.75, 3.05) is 19.7 Å². The van der Waals surface area contributed by atoms with Gasteiger partial charge < -0.3 is 10.1 Å². The lowest BCUT2D eigenvalue weighted by Crippen LogP contribution is -2.24. The summed E-state index contributed by atoms with van der Waals surface area (Å²) in [7, 11) is 0. The van der Waals surface area contributed by atoms with Crippen LogP contribution in [-0.4, -0.2) is 25.5 Å². The number of hydrogen-bond donors (Lipinski definition) is 1. The summed E-state index contributed by atoms with van der Waals surface area (Å²) in [6, 6.07) is 7.43. The lowest BCUT2D eigenvalue weighted by molar-refractivity contribution is 0.0987. The van der Waals surface area contributed by atoms with Crippen molar-refractivity contribution in [2.45, 2.75) is 39.5 Å². The second-order valence-corrected chi connectivity index (χ2v) is 4.59. The second kappa shape index (κ2) is 9.56. The normalized spacial score (nSPS) is 10.4. The third kappa shape index (κ3) is 5.88. The van der Waals surface area contributed by atoms with Crippen molar-refractivity contribution in [1.82, 2.24) is 5.32 Å². The molecule has 0 spiro atoms. The molecule has 0 atom stereocenters. The Morgan fingerprint density at radius 3 is 2.68 bits per heavy atom. The maximum absolute atomic E-state index is 12.1. The molecule has 1 N–H and O–H groups in total. The quantitative estimate of drug-likeness (QED) is 0.519. The molecule has 1 aromatic carbocycles. The molecule has 1 rings (SSSR count). The molecular weight excluding hydrogens is 238 g/mol. The summed E-state index contributed by atoms with van der Waals surface area (Å²) in [6.45, 7) is 5.99. The van der Waals surface area contributed by atoms with Gasteiger partial charge in [0.1, 0.15) is 5.75 Å². The van der Waals surface area contributed by atoms with E-state index < -0.39 is 0 Å². The predicted molar refractivity (Wildman–Crippen MR) is 79.0 cm³/mol. The van der Waals surface area contributed by atoms with Gasteiger partial charge in [-0.25, -0.2) is 0 Å². The Morgan fingerprint density at radius 1 is 1.16 bits per heavy atom. The van der Waals surface area contributed by atoms with E-state index in [1.807, 2.05) is 31.2 Å². The van der Waals surface area contributed by atoms with E-state index in [0.29, 0.717) is 24.5 Å². The Labute approximate surface area is 116 Å². The molecule has 1 aromatic rings. The van der Waals surface area contributed by atoms with Gasteiger partial charge in [0, 0.05) is 0 Å². The van der Waals surface area contributed by atoms with Gasteiger partial charge in [0.25, 0.3) is 0 Å². The van der Waals surface area contributed by atoms with Gasteiger partial charge >= 0.3 is 0 Å². The number of Topliss-reactive ketones (excluding diaryl/α,β-unsaturated/α-hetero) is 1. The van der Waals surface area contributed by atoms with Crippen LogP contribution in [0.5, 0.6) is 5.75 Å². The number of ketones is 1. The number of carbonyl (C=O) groups excluding carboxylic acids is 1. The van der Waals surface area contributed by atoms with Crippen molar-refractivity contribution >= 4 is 5.78 Å². The highest BCUT2D eigenvalue weighted by atomic mass is 16.5. The molecule has 0 saturated carbocycles. The maximum Gasteiger partial charge on any atom is 0.180 e. The summed E-state index contributed by atoms with van der Waals surface area (Å²) >= 11 is 0. The van der Waals surface area contributed by atoms with Crippen LogP contribution < -0.4 is 10.1 Å². The van der Waals surface area contributed by atoms with Crippen molar-refractivity contribution in [3.05, 3.63) is 29.8 Å². The van der Waals surface area contributed by atoms with Crippen LogP contribution in [0.15, 0.2) is 24.3 Å². The molecule has 0 radical (unpaired) electrons. The SMILES string of the molecule is CCCCCCNCC(=O)c1ccccc1OCC. The van der Waals surface area contributed by atoms with Crippen molar-refractivity contribution in [3.8, 4) is 5.75 Å². The average Bonchev–Trinajstić information content (AvgIpc) is 2.43. The van der Waals surface area contributed by atoms with Gasteiger partial charge in [-0.2, -0.15) is 0 Å². The number of nitrogens with one attached hydrogen (secondary N) is 1. The molecule has 0 unspecified atom stereocenters. The van der Waals surface area contributed by atoms with Crippen LogP contribution >= 0.6 is 0 Å². The van der Waals surface area contributed by atoms with Crippen LogP contribution in [0, 0.1) is 0 Å². The molecule has 0 aliphatic carbocycles. The fraction of sp³-hybridized carbons (Fsp3) is 0.562. The van der Waals surface area contributed by atoms with Crippen molar-refractivity contribution in [1.29, 1.82) is 0 Å².